The first-order valence-electron chi connectivity index (χ1n) is 8.32. The number of sulfonamides is 1. The first-order chi connectivity index (χ1) is 13.7. The molecule has 0 spiro atoms. The highest BCUT2D eigenvalue weighted by molar-refractivity contribution is 8.14. The van der Waals surface area contributed by atoms with Gasteiger partial charge >= 0.3 is 0 Å². The molecule has 0 radical (unpaired) electrons. The van der Waals surface area contributed by atoms with Crippen molar-refractivity contribution in [2.24, 2.45) is 0 Å². The Bertz CT molecular complexity index is 1070. The van der Waals surface area contributed by atoms with Crippen LogP contribution >= 0.6 is 23.4 Å². The monoisotopic (exact) mass is 453 g/mol. The molecule has 0 bridgehead atoms. The van der Waals surface area contributed by atoms with E-state index in [0.717, 1.165) is 17.3 Å². The summed E-state index contributed by atoms with van der Waals surface area (Å²) >= 11 is 7.02. The van der Waals surface area contributed by atoms with Crippen LogP contribution < -0.4 is 10.0 Å². The predicted molar refractivity (Wildman–Crippen MR) is 110 cm³/mol. The van der Waals surface area contributed by atoms with Gasteiger partial charge in [-0.2, -0.15) is 0 Å². The lowest BCUT2D eigenvalue weighted by atomic mass is 10.1. The lowest BCUT2D eigenvalue weighted by Gasteiger charge is -2.13. The fraction of sp³-hybridized carbons (Fsp3) is 0.167. The fourth-order valence-electron chi connectivity index (χ4n) is 2.57. The quantitative estimate of drug-likeness (QED) is 0.695. The van der Waals surface area contributed by atoms with Crippen LogP contribution in [0.2, 0.25) is 5.02 Å². The first kappa shape index (κ1) is 21.3. The summed E-state index contributed by atoms with van der Waals surface area (Å²) in [7, 11) is -2.45. The highest BCUT2D eigenvalue weighted by atomic mass is 35.5. The lowest BCUT2D eigenvalue weighted by Crippen LogP contribution is -2.27. The molecule has 3 amide bonds. The number of imide groups is 1. The summed E-state index contributed by atoms with van der Waals surface area (Å²) in [5, 5.41) is 2.47. The van der Waals surface area contributed by atoms with E-state index >= 15 is 0 Å². The van der Waals surface area contributed by atoms with Gasteiger partial charge in [0, 0.05) is 5.69 Å². The van der Waals surface area contributed by atoms with E-state index < -0.39 is 15.9 Å². The van der Waals surface area contributed by atoms with E-state index in [-0.39, 0.29) is 38.9 Å². The number of hydrogen-bond acceptors (Lipinski definition) is 6. The van der Waals surface area contributed by atoms with Gasteiger partial charge < -0.3 is 5.32 Å². The molecule has 1 aliphatic heterocycles. The number of hydrogen-bond donors (Lipinski definition) is 2. The topological polar surface area (TPSA) is 113 Å². The SMILES string of the molecule is CNS(=O)(=O)c1ccc(Cl)c(C(=O)Nc2ccc(CN3C(=O)CSC3=O)cc2)c1. The van der Waals surface area contributed by atoms with Crippen LogP contribution in [0.5, 0.6) is 0 Å². The van der Waals surface area contributed by atoms with Crippen molar-refractivity contribution in [2.45, 2.75) is 11.4 Å². The molecule has 0 aliphatic carbocycles. The van der Waals surface area contributed by atoms with Crippen LogP contribution in [0.1, 0.15) is 15.9 Å². The minimum absolute atomic E-state index is 0.0114. The highest BCUT2D eigenvalue weighted by Crippen LogP contribution is 2.24. The molecule has 11 heteroatoms. The van der Waals surface area contributed by atoms with Gasteiger partial charge in [-0.25, -0.2) is 13.1 Å². The standard InChI is InChI=1S/C18H16ClN3O5S2/c1-20-29(26,27)13-6-7-15(19)14(8-13)17(24)21-12-4-2-11(3-5-12)9-22-16(23)10-28-18(22)25/h2-8,20H,9-10H2,1H3,(H,21,24). The molecule has 29 heavy (non-hydrogen) atoms. The summed E-state index contributed by atoms with van der Waals surface area (Å²) in [6.45, 7) is 0.161. The molecular weight excluding hydrogens is 438 g/mol. The van der Waals surface area contributed by atoms with E-state index in [0.29, 0.717) is 5.69 Å². The van der Waals surface area contributed by atoms with E-state index in [4.69, 9.17) is 11.6 Å². The number of benzene rings is 2. The summed E-state index contributed by atoms with van der Waals surface area (Å²) < 4.78 is 26.0. The number of anilines is 1. The van der Waals surface area contributed by atoms with Crippen molar-refractivity contribution < 1.29 is 22.8 Å². The molecule has 8 nitrogen and oxygen atoms in total. The molecule has 0 atom stereocenters. The number of nitrogens with zero attached hydrogens (tertiary/aromatic N) is 1. The molecule has 0 unspecified atom stereocenters. The Morgan fingerprint density at radius 3 is 2.45 bits per heavy atom. The van der Waals surface area contributed by atoms with E-state index in [9.17, 15) is 22.8 Å². The minimum atomic E-state index is -3.72. The predicted octanol–water partition coefficient (Wildman–Crippen LogP) is 2.70. The van der Waals surface area contributed by atoms with Crippen molar-refractivity contribution in [3.05, 3.63) is 58.6 Å². The van der Waals surface area contributed by atoms with Crippen molar-refractivity contribution in [1.29, 1.82) is 0 Å². The molecule has 1 fully saturated rings. The van der Waals surface area contributed by atoms with Gasteiger partial charge in [0.1, 0.15) is 0 Å². The summed E-state index contributed by atoms with van der Waals surface area (Å²) in [6.07, 6.45) is 0. The zero-order chi connectivity index (χ0) is 21.2. The van der Waals surface area contributed by atoms with Gasteiger partial charge in [0.05, 0.1) is 27.8 Å². The number of rotatable bonds is 6. The van der Waals surface area contributed by atoms with E-state index in [2.05, 4.69) is 10.0 Å². The van der Waals surface area contributed by atoms with Gasteiger partial charge in [-0.15, -0.1) is 0 Å². The van der Waals surface area contributed by atoms with Crippen molar-refractivity contribution in [3.63, 3.8) is 0 Å². The fourth-order valence-corrected chi connectivity index (χ4v) is 4.26. The molecule has 2 N–H and O–H groups in total. The average Bonchev–Trinajstić information content (AvgIpc) is 3.01. The van der Waals surface area contributed by atoms with Crippen LogP contribution in [0.25, 0.3) is 0 Å². The maximum atomic E-state index is 12.5. The first-order valence-corrected chi connectivity index (χ1v) is 11.2. The maximum absolute atomic E-state index is 12.5. The van der Waals surface area contributed by atoms with Crippen LogP contribution in [0.3, 0.4) is 0 Å². The Hall–Kier alpha value is -2.40. The van der Waals surface area contributed by atoms with Gasteiger partial charge in [0.25, 0.3) is 11.1 Å². The van der Waals surface area contributed by atoms with Crippen LogP contribution in [-0.4, -0.2) is 43.2 Å². The van der Waals surface area contributed by atoms with Crippen LogP contribution in [0.15, 0.2) is 47.4 Å². The molecule has 1 saturated heterocycles. The van der Waals surface area contributed by atoms with Gasteiger partial charge in [0.15, 0.2) is 0 Å². The van der Waals surface area contributed by atoms with Crippen LogP contribution in [-0.2, 0) is 21.4 Å². The number of halogens is 1. The number of amides is 3. The second-order valence-electron chi connectivity index (χ2n) is 6.03. The maximum Gasteiger partial charge on any atom is 0.289 e. The van der Waals surface area contributed by atoms with Gasteiger partial charge in [-0.3, -0.25) is 19.3 Å². The summed E-state index contributed by atoms with van der Waals surface area (Å²) in [6, 6.07) is 10.4. The van der Waals surface area contributed by atoms with Crippen molar-refractivity contribution >= 4 is 56.1 Å². The number of nitrogens with one attached hydrogen (secondary N) is 2. The molecular formula is C18H16ClN3O5S2. The highest BCUT2D eigenvalue weighted by Gasteiger charge is 2.29. The Morgan fingerprint density at radius 1 is 1.17 bits per heavy atom. The van der Waals surface area contributed by atoms with Gasteiger partial charge in [-0.05, 0) is 42.9 Å². The van der Waals surface area contributed by atoms with Crippen LogP contribution in [0.4, 0.5) is 10.5 Å². The molecule has 152 valence electrons. The zero-order valence-electron chi connectivity index (χ0n) is 15.1. The third kappa shape index (κ3) is 4.78. The minimum Gasteiger partial charge on any atom is -0.322 e. The smallest absolute Gasteiger partial charge is 0.289 e. The third-order valence-electron chi connectivity index (χ3n) is 4.15. The number of carbonyl (C=O) groups excluding carboxylic acids is 3. The largest absolute Gasteiger partial charge is 0.322 e. The van der Waals surface area contributed by atoms with Gasteiger partial charge in [0.2, 0.25) is 15.9 Å². The molecule has 2 aromatic carbocycles. The molecule has 2 aromatic rings. The van der Waals surface area contributed by atoms with Crippen LogP contribution in [0, 0.1) is 0 Å². The average molecular weight is 454 g/mol. The normalized spacial score (nSPS) is 14.3. The second-order valence-corrected chi connectivity index (χ2v) is 9.26. The summed E-state index contributed by atoms with van der Waals surface area (Å²) in [5.74, 6) is -0.656. The molecule has 1 aliphatic rings. The van der Waals surface area contributed by atoms with Crippen molar-refractivity contribution in [1.82, 2.24) is 9.62 Å². The van der Waals surface area contributed by atoms with Crippen molar-refractivity contribution in [2.75, 3.05) is 18.1 Å². The Morgan fingerprint density at radius 2 is 1.86 bits per heavy atom. The lowest BCUT2D eigenvalue weighted by molar-refractivity contribution is -0.125. The molecule has 0 aromatic heterocycles. The second kappa shape index (κ2) is 8.54. The Labute approximate surface area is 176 Å². The molecule has 0 saturated carbocycles. The van der Waals surface area contributed by atoms with Crippen molar-refractivity contribution in [3.8, 4) is 0 Å². The zero-order valence-corrected chi connectivity index (χ0v) is 17.5. The van der Waals surface area contributed by atoms with E-state index in [1.165, 1.54) is 30.1 Å². The Kier molecular flexibility index (Phi) is 6.27. The van der Waals surface area contributed by atoms with E-state index in [1.54, 1.807) is 24.3 Å². The Balaban J connectivity index is 1.73. The number of thioether (sulfide) groups is 1. The molecule has 1 heterocycles. The number of carbonyl (C=O) groups is 3. The third-order valence-corrected chi connectivity index (χ3v) is 6.75. The molecule has 3 rings (SSSR count). The van der Waals surface area contributed by atoms with E-state index in [1.807, 2.05) is 0 Å². The summed E-state index contributed by atoms with van der Waals surface area (Å²) in [5.41, 5.74) is 1.19. The summed E-state index contributed by atoms with van der Waals surface area (Å²) in [4.78, 5) is 37.0. The van der Waals surface area contributed by atoms with Gasteiger partial charge in [-0.1, -0.05) is 35.5 Å².